The Balaban J connectivity index is 2.21. The van der Waals surface area contributed by atoms with Gasteiger partial charge in [0.05, 0.1) is 24.8 Å². The Kier molecular flexibility index (Phi) is 8.50. The Morgan fingerprint density at radius 2 is 2.00 bits per heavy atom. The van der Waals surface area contributed by atoms with Gasteiger partial charge >= 0.3 is 6.09 Å². The molecule has 2 rings (SSSR count). The zero-order valence-corrected chi connectivity index (χ0v) is 19.2. The molecule has 0 atom stereocenters. The molecule has 0 aliphatic heterocycles. The van der Waals surface area contributed by atoms with Crippen LogP contribution in [0.3, 0.4) is 0 Å². The van der Waals surface area contributed by atoms with Crippen LogP contribution in [0.15, 0.2) is 36.3 Å². The number of rotatable bonds is 7. The first kappa shape index (κ1) is 24.3. The van der Waals surface area contributed by atoms with E-state index in [-0.39, 0.29) is 0 Å². The van der Waals surface area contributed by atoms with E-state index >= 15 is 0 Å². The van der Waals surface area contributed by atoms with Gasteiger partial charge in [-0.1, -0.05) is 6.07 Å². The van der Waals surface area contributed by atoms with Crippen molar-refractivity contribution in [3.05, 3.63) is 47.6 Å². The second-order valence-electron chi connectivity index (χ2n) is 7.90. The normalized spacial score (nSPS) is 11.7. The molecule has 0 unspecified atom stereocenters. The fourth-order valence-electron chi connectivity index (χ4n) is 2.75. The van der Waals surface area contributed by atoms with Crippen molar-refractivity contribution in [2.75, 3.05) is 13.0 Å². The molecular weight excluding hydrogens is 420 g/mol. The molecule has 1 aromatic heterocycles. The van der Waals surface area contributed by atoms with Crippen molar-refractivity contribution in [3.8, 4) is 11.4 Å². The number of nitrogens with zero attached hydrogens (tertiary/aromatic N) is 2. The summed E-state index contributed by atoms with van der Waals surface area (Å²) in [5.74, 6) is 0.603. The van der Waals surface area contributed by atoms with Crippen LogP contribution in [0.25, 0.3) is 11.8 Å². The van der Waals surface area contributed by atoms with Crippen molar-refractivity contribution in [1.82, 2.24) is 20.4 Å². The van der Waals surface area contributed by atoms with E-state index in [0.29, 0.717) is 30.0 Å². The standard InChI is InChI=1S/C22H29ClN4O4/c1-15-13-27(14-24-15)18-9-8-16(12-19(18)30-5)11-17(7-6-10-23)20(28)25-26-21(29)31-22(2,3)4/h8-9,11-14H,6-7,10H2,1-5H3,(H,25,28)(H,26,29). The maximum atomic E-state index is 12.6. The monoisotopic (exact) mass is 448 g/mol. The van der Waals surface area contributed by atoms with Gasteiger partial charge in [0.2, 0.25) is 0 Å². The van der Waals surface area contributed by atoms with Gasteiger partial charge in [0, 0.05) is 17.6 Å². The fourth-order valence-corrected chi connectivity index (χ4v) is 2.89. The van der Waals surface area contributed by atoms with Crippen molar-refractivity contribution in [3.63, 3.8) is 0 Å². The second kappa shape index (κ2) is 10.9. The number of alkyl halides is 1. The van der Waals surface area contributed by atoms with Crippen molar-refractivity contribution >= 4 is 29.7 Å². The first-order chi connectivity index (χ1) is 14.6. The molecule has 0 spiro atoms. The van der Waals surface area contributed by atoms with Crippen LogP contribution in [-0.4, -0.2) is 40.1 Å². The number of carbonyl (C=O) groups is 2. The molecule has 0 saturated carbocycles. The molecule has 0 bridgehead atoms. The number of aromatic nitrogens is 2. The summed E-state index contributed by atoms with van der Waals surface area (Å²) < 4.78 is 12.5. The number of ether oxygens (including phenoxy) is 2. The molecular formula is C22H29ClN4O4. The predicted molar refractivity (Wildman–Crippen MR) is 120 cm³/mol. The van der Waals surface area contributed by atoms with E-state index < -0.39 is 17.6 Å². The van der Waals surface area contributed by atoms with Gasteiger partial charge in [-0.2, -0.15) is 0 Å². The summed E-state index contributed by atoms with van der Waals surface area (Å²) in [7, 11) is 1.59. The minimum Gasteiger partial charge on any atom is -0.495 e. The maximum Gasteiger partial charge on any atom is 0.426 e. The highest BCUT2D eigenvalue weighted by Crippen LogP contribution is 2.26. The van der Waals surface area contributed by atoms with Gasteiger partial charge in [0.1, 0.15) is 11.4 Å². The highest BCUT2D eigenvalue weighted by molar-refractivity contribution is 6.17. The summed E-state index contributed by atoms with van der Waals surface area (Å²) in [6.07, 6.45) is 5.66. The number of benzene rings is 1. The average Bonchev–Trinajstić information content (AvgIpc) is 3.13. The number of nitrogens with one attached hydrogen (secondary N) is 2. The van der Waals surface area contributed by atoms with Gasteiger partial charge in [-0.15, -0.1) is 11.6 Å². The number of hydrogen-bond donors (Lipinski definition) is 2. The number of methoxy groups -OCH3 is 1. The van der Waals surface area contributed by atoms with E-state index in [1.165, 1.54) is 0 Å². The van der Waals surface area contributed by atoms with Crippen molar-refractivity contribution < 1.29 is 19.1 Å². The number of aryl methyl sites for hydroxylation is 1. The lowest BCUT2D eigenvalue weighted by molar-refractivity contribution is -0.118. The molecule has 1 heterocycles. The molecule has 0 aliphatic carbocycles. The molecule has 9 heteroatoms. The van der Waals surface area contributed by atoms with Gasteiger partial charge in [-0.3, -0.25) is 10.2 Å². The molecule has 0 radical (unpaired) electrons. The smallest absolute Gasteiger partial charge is 0.426 e. The molecule has 168 valence electrons. The fraction of sp³-hybridized carbons (Fsp3) is 0.409. The van der Waals surface area contributed by atoms with Crippen LogP contribution in [0.1, 0.15) is 44.9 Å². The van der Waals surface area contributed by atoms with Crippen LogP contribution in [-0.2, 0) is 9.53 Å². The van der Waals surface area contributed by atoms with E-state index in [1.54, 1.807) is 40.3 Å². The van der Waals surface area contributed by atoms with E-state index in [4.69, 9.17) is 21.1 Å². The van der Waals surface area contributed by atoms with Gasteiger partial charge in [-0.25, -0.2) is 15.2 Å². The SMILES string of the molecule is COc1cc(C=C(CCCCl)C(=O)NNC(=O)OC(C)(C)C)ccc1-n1cnc(C)c1. The zero-order chi connectivity index (χ0) is 23.0. The Labute approximate surface area is 187 Å². The minimum absolute atomic E-state index is 0.409. The Morgan fingerprint density at radius 3 is 2.58 bits per heavy atom. The topological polar surface area (TPSA) is 94.5 Å². The Morgan fingerprint density at radius 1 is 1.26 bits per heavy atom. The van der Waals surface area contributed by atoms with Gasteiger partial charge in [0.15, 0.2) is 0 Å². The van der Waals surface area contributed by atoms with Crippen molar-refractivity contribution in [2.24, 2.45) is 0 Å². The summed E-state index contributed by atoms with van der Waals surface area (Å²) in [5.41, 5.74) is 6.94. The number of imidazole rings is 1. The summed E-state index contributed by atoms with van der Waals surface area (Å²) in [6, 6.07) is 5.60. The lowest BCUT2D eigenvalue weighted by Gasteiger charge is -2.20. The van der Waals surface area contributed by atoms with Crippen LogP contribution >= 0.6 is 11.6 Å². The van der Waals surface area contributed by atoms with E-state index in [2.05, 4.69) is 15.8 Å². The number of hydrazine groups is 1. The largest absolute Gasteiger partial charge is 0.495 e. The number of halogens is 1. The summed E-state index contributed by atoms with van der Waals surface area (Å²) in [4.78, 5) is 28.7. The van der Waals surface area contributed by atoms with Gasteiger partial charge in [0.25, 0.3) is 5.91 Å². The summed E-state index contributed by atoms with van der Waals surface area (Å²) in [6.45, 7) is 7.13. The number of carbonyl (C=O) groups excluding carboxylic acids is 2. The van der Waals surface area contributed by atoms with Crippen LogP contribution in [0.2, 0.25) is 0 Å². The first-order valence-corrected chi connectivity index (χ1v) is 10.4. The van der Waals surface area contributed by atoms with E-state index in [0.717, 1.165) is 16.9 Å². The van der Waals surface area contributed by atoms with E-state index in [1.807, 2.05) is 35.9 Å². The maximum absolute atomic E-state index is 12.6. The number of amides is 2. The number of hydrogen-bond acceptors (Lipinski definition) is 5. The highest BCUT2D eigenvalue weighted by Gasteiger charge is 2.17. The van der Waals surface area contributed by atoms with Gasteiger partial charge in [-0.05, 0) is 64.3 Å². The quantitative estimate of drug-likeness (QED) is 0.377. The average molecular weight is 449 g/mol. The predicted octanol–water partition coefficient (Wildman–Crippen LogP) is 4.15. The zero-order valence-electron chi connectivity index (χ0n) is 18.5. The summed E-state index contributed by atoms with van der Waals surface area (Å²) in [5, 5.41) is 0. The Bertz CT molecular complexity index is 947. The summed E-state index contributed by atoms with van der Waals surface area (Å²) >= 11 is 5.81. The Hall–Kier alpha value is -3.00. The minimum atomic E-state index is -0.737. The van der Waals surface area contributed by atoms with E-state index in [9.17, 15) is 9.59 Å². The highest BCUT2D eigenvalue weighted by atomic mass is 35.5. The van der Waals surface area contributed by atoms with Crippen LogP contribution in [0, 0.1) is 6.92 Å². The molecule has 1 aromatic carbocycles. The molecule has 2 amide bonds. The van der Waals surface area contributed by atoms with Crippen LogP contribution in [0.5, 0.6) is 5.75 Å². The molecule has 2 aromatic rings. The molecule has 0 fully saturated rings. The lowest BCUT2D eigenvalue weighted by atomic mass is 10.1. The van der Waals surface area contributed by atoms with Crippen molar-refractivity contribution in [2.45, 2.75) is 46.1 Å². The van der Waals surface area contributed by atoms with Gasteiger partial charge < -0.3 is 14.0 Å². The molecule has 2 N–H and O–H groups in total. The van der Waals surface area contributed by atoms with Crippen LogP contribution in [0.4, 0.5) is 4.79 Å². The molecule has 0 saturated heterocycles. The lowest BCUT2D eigenvalue weighted by Crippen LogP contribution is -2.44. The molecule has 8 nitrogen and oxygen atoms in total. The van der Waals surface area contributed by atoms with Crippen LogP contribution < -0.4 is 15.6 Å². The second-order valence-corrected chi connectivity index (χ2v) is 8.27. The molecule has 0 aliphatic rings. The third kappa shape index (κ3) is 7.64. The van der Waals surface area contributed by atoms with Crippen molar-refractivity contribution in [1.29, 1.82) is 0 Å². The third-order valence-electron chi connectivity index (χ3n) is 4.08. The third-order valence-corrected chi connectivity index (χ3v) is 4.35. The first-order valence-electron chi connectivity index (χ1n) is 9.88. The molecule has 31 heavy (non-hydrogen) atoms.